The van der Waals surface area contributed by atoms with Crippen LogP contribution in [0.3, 0.4) is 0 Å². The van der Waals surface area contributed by atoms with E-state index in [0.29, 0.717) is 12.1 Å². The number of rotatable bonds is 1. The monoisotopic (exact) mass is 129 g/mol. The highest BCUT2D eigenvalue weighted by molar-refractivity contribution is 4.89. The van der Waals surface area contributed by atoms with Crippen LogP contribution in [0.15, 0.2) is 0 Å². The average Bonchev–Trinajstić information content (AvgIpc) is 2.10. The maximum Gasteiger partial charge on any atom is 0.0357 e. The maximum atomic E-state index is 5.78. The largest absolute Gasteiger partial charge is 0.325 e. The lowest BCUT2D eigenvalue weighted by Crippen LogP contribution is -2.41. The molecule has 1 rings (SSSR count). The first-order valence-electron chi connectivity index (χ1n) is 3.35. The van der Waals surface area contributed by atoms with Crippen molar-refractivity contribution in [1.82, 2.24) is 10.2 Å². The molecule has 3 heteroatoms. The summed E-state index contributed by atoms with van der Waals surface area (Å²) < 4.78 is 0. The Balaban J connectivity index is 2.38. The van der Waals surface area contributed by atoms with Crippen molar-refractivity contribution in [2.24, 2.45) is 5.73 Å². The number of nitrogens with zero attached hydrogens (tertiary/aromatic N) is 1. The van der Waals surface area contributed by atoms with E-state index in [0.717, 1.165) is 13.1 Å². The summed E-state index contributed by atoms with van der Waals surface area (Å²) in [6.45, 7) is 2.10. The van der Waals surface area contributed by atoms with Gasteiger partial charge in [0, 0.05) is 25.2 Å². The molecule has 1 aliphatic heterocycles. The van der Waals surface area contributed by atoms with Crippen molar-refractivity contribution >= 4 is 0 Å². The molecule has 1 heterocycles. The number of likely N-dealkylation sites (N-methyl/N-ethyl adjacent to an activating group) is 2. The number of likely N-dealkylation sites (tertiary alicyclic amines) is 1. The highest BCUT2D eigenvalue weighted by Crippen LogP contribution is 2.03. The number of nitrogens with one attached hydrogen (secondary N) is 1. The van der Waals surface area contributed by atoms with E-state index in [1.54, 1.807) is 0 Å². The van der Waals surface area contributed by atoms with Crippen LogP contribution in [-0.4, -0.2) is 44.2 Å². The van der Waals surface area contributed by atoms with E-state index in [2.05, 4.69) is 17.3 Å². The first-order valence-corrected chi connectivity index (χ1v) is 3.35. The van der Waals surface area contributed by atoms with Crippen LogP contribution in [0, 0.1) is 0 Å². The van der Waals surface area contributed by atoms with E-state index >= 15 is 0 Å². The van der Waals surface area contributed by atoms with Gasteiger partial charge in [0.2, 0.25) is 0 Å². The van der Waals surface area contributed by atoms with Crippen LogP contribution in [0.25, 0.3) is 0 Å². The van der Waals surface area contributed by atoms with Gasteiger partial charge in [-0.15, -0.1) is 0 Å². The fourth-order valence-corrected chi connectivity index (χ4v) is 1.34. The normalized spacial score (nSPS) is 37.7. The Kier molecular flexibility index (Phi) is 2.05. The summed E-state index contributed by atoms with van der Waals surface area (Å²) in [6, 6.07) is 0.815. The van der Waals surface area contributed by atoms with Crippen molar-refractivity contribution < 1.29 is 0 Å². The van der Waals surface area contributed by atoms with Gasteiger partial charge in [-0.05, 0) is 14.1 Å². The van der Waals surface area contributed by atoms with Crippen LogP contribution < -0.4 is 11.1 Å². The smallest absolute Gasteiger partial charge is 0.0357 e. The van der Waals surface area contributed by atoms with E-state index in [-0.39, 0.29) is 0 Å². The second-order valence-electron chi connectivity index (χ2n) is 2.78. The molecule has 0 aromatic rings. The van der Waals surface area contributed by atoms with Crippen molar-refractivity contribution in [1.29, 1.82) is 0 Å². The number of hydrogen-bond donors (Lipinski definition) is 2. The highest BCUT2D eigenvalue weighted by atomic mass is 15.2. The van der Waals surface area contributed by atoms with Gasteiger partial charge in [-0.3, -0.25) is 0 Å². The summed E-state index contributed by atoms with van der Waals surface area (Å²) in [7, 11) is 4.06. The van der Waals surface area contributed by atoms with Gasteiger partial charge in [0.1, 0.15) is 0 Å². The summed E-state index contributed by atoms with van der Waals surface area (Å²) in [6.07, 6.45) is 0. The fraction of sp³-hybridized carbons (Fsp3) is 1.00. The molecule has 1 aliphatic rings. The van der Waals surface area contributed by atoms with E-state index < -0.39 is 0 Å². The van der Waals surface area contributed by atoms with Crippen LogP contribution in [0.2, 0.25) is 0 Å². The minimum absolute atomic E-state index is 0.319. The quantitative estimate of drug-likeness (QED) is 0.469. The highest BCUT2D eigenvalue weighted by Gasteiger charge is 2.25. The molecular weight excluding hydrogens is 114 g/mol. The van der Waals surface area contributed by atoms with Crippen LogP contribution in [0.5, 0.6) is 0 Å². The minimum atomic E-state index is 0.319. The van der Waals surface area contributed by atoms with Gasteiger partial charge in [0.15, 0.2) is 0 Å². The van der Waals surface area contributed by atoms with E-state index in [1.165, 1.54) is 0 Å². The number of hydrogen-bond acceptors (Lipinski definition) is 3. The third-order valence-electron chi connectivity index (χ3n) is 1.92. The molecule has 0 saturated carbocycles. The Labute approximate surface area is 56.2 Å². The zero-order valence-corrected chi connectivity index (χ0v) is 6.09. The van der Waals surface area contributed by atoms with Crippen molar-refractivity contribution in [3.63, 3.8) is 0 Å². The summed E-state index contributed by atoms with van der Waals surface area (Å²) in [5, 5.41) is 3.18. The van der Waals surface area contributed by atoms with Crippen LogP contribution in [-0.2, 0) is 0 Å². The van der Waals surface area contributed by atoms with Gasteiger partial charge in [0.05, 0.1) is 0 Å². The van der Waals surface area contributed by atoms with Crippen molar-refractivity contribution in [2.75, 3.05) is 27.2 Å². The lowest BCUT2D eigenvalue weighted by Gasteiger charge is -2.11. The Morgan fingerprint density at radius 2 is 2.22 bits per heavy atom. The third-order valence-corrected chi connectivity index (χ3v) is 1.92. The molecule has 0 aliphatic carbocycles. The average molecular weight is 129 g/mol. The molecule has 1 unspecified atom stereocenters. The van der Waals surface area contributed by atoms with Gasteiger partial charge in [-0.25, -0.2) is 0 Å². The molecule has 9 heavy (non-hydrogen) atoms. The number of nitrogens with two attached hydrogens (primary N) is 1. The molecule has 0 amide bonds. The molecule has 0 aromatic heterocycles. The first kappa shape index (κ1) is 6.99. The van der Waals surface area contributed by atoms with Gasteiger partial charge >= 0.3 is 0 Å². The van der Waals surface area contributed by atoms with Gasteiger partial charge in [0.25, 0.3) is 0 Å². The van der Waals surface area contributed by atoms with Crippen LogP contribution in [0.4, 0.5) is 0 Å². The van der Waals surface area contributed by atoms with Gasteiger partial charge < -0.3 is 16.0 Å². The Morgan fingerprint density at radius 3 is 2.44 bits per heavy atom. The molecule has 3 N–H and O–H groups in total. The predicted octanol–water partition coefficient (Wildman–Crippen LogP) is -1.15. The summed E-state index contributed by atoms with van der Waals surface area (Å²) in [5.41, 5.74) is 5.78. The van der Waals surface area contributed by atoms with Gasteiger partial charge in [-0.2, -0.15) is 0 Å². The molecule has 2 atom stereocenters. The second kappa shape index (κ2) is 2.64. The second-order valence-corrected chi connectivity index (χ2v) is 2.78. The third kappa shape index (κ3) is 1.41. The zero-order chi connectivity index (χ0) is 6.85. The maximum absolute atomic E-state index is 5.78. The van der Waals surface area contributed by atoms with Crippen molar-refractivity contribution in [3.8, 4) is 0 Å². The Morgan fingerprint density at radius 1 is 1.56 bits per heavy atom. The van der Waals surface area contributed by atoms with Crippen molar-refractivity contribution in [2.45, 2.75) is 12.1 Å². The lowest BCUT2D eigenvalue weighted by molar-refractivity contribution is 0.402. The van der Waals surface area contributed by atoms with Crippen LogP contribution in [0.1, 0.15) is 0 Å². The molecule has 54 valence electrons. The van der Waals surface area contributed by atoms with E-state index in [9.17, 15) is 0 Å². The van der Waals surface area contributed by atoms with Gasteiger partial charge in [-0.1, -0.05) is 0 Å². The standard InChI is InChI=1S/C6H15N3/c1-8-6-4-9(2)3-5(6)7/h5-6,8H,3-4,7H2,1-2H3/t5?,6-/m1/s1. The minimum Gasteiger partial charge on any atom is -0.325 e. The zero-order valence-electron chi connectivity index (χ0n) is 6.09. The Hall–Kier alpha value is -0.120. The SMILES string of the molecule is CN[C@@H]1CN(C)CC1N. The Bertz CT molecular complexity index is 94.3. The fourth-order valence-electron chi connectivity index (χ4n) is 1.34. The summed E-state index contributed by atoms with van der Waals surface area (Å²) in [4.78, 5) is 2.24. The molecule has 0 spiro atoms. The molecule has 1 fully saturated rings. The van der Waals surface area contributed by atoms with Crippen molar-refractivity contribution in [3.05, 3.63) is 0 Å². The molecule has 0 aromatic carbocycles. The summed E-state index contributed by atoms with van der Waals surface area (Å²) in [5.74, 6) is 0. The predicted molar refractivity (Wildman–Crippen MR) is 38.3 cm³/mol. The van der Waals surface area contributed by atoms with E-state index in [4.69, 9.17) is 5.73 Å². The van der Waals surface area contributed by atoms with Crippen LogP contribution >= 0.6 is 0 Å². The summed E-state index contributed by atoms with van der Waals surface area (Å²) >= 11 is 0. The molecule has 0 radical (unpaired) electrons. The van der Waals surface area contributed by atoms with E-state index in [1.807, 2.05) is 7.05 Å². The topological polar surface area (TPSA) is 41.3 Å². The molecule has 1 saturated heterocycles. The molecular formula is C6H15N3. The lowest BCUT2D eigenvalue weighted by atomic mass is 10.2. The molecule has 0 bridgehead atoms. The molecule has 3 nitrogen and oxygen atoms in total. The first-order chi connectivity index (χ1) is 4.24.